The van der Waals surface area contributed by atoms with E-state index >= 15 is 0 Å². The van der Waals surface area contributed by atoms with Crippen molar-refractivity contribution in [3.05, 3.63) is 12.2 Å². The highest BCUT2D eigenvalue weighted by molar-refractivity contribution is 5.84. The Morgan fingerprint density at radius 1 is 0.373 bits per heavy atom. The lowest BCUT2D eigenvalue weighted by atomic mass is 10.0. The van der Waals surface area contributed by atoms with E-state index in [0.717, 1.165) is 38.8 Å². The molecular formula is C55H107NO3. The van der Waals surface area contributed by atoms with Crippen LogP contribution in [0, 0.1) is 0 Å². The summed E-state index contributed by atoms with van der Waals surface area (Å²) in [5.74, 6) is 0.0785. The van der Waals surface area contributed by atoms with Crippen LogP contribution in [0.5, 0.6) is 0 Å². The SMILES string of the molecule is CCCCCCCCC=CCCCCCCCC(=O)C(C)OC(=O)N(CCCCCCCCCCCCCCCC)CCCCCCCCCCCCCCCCCC. The van der Waals surface area contributed by atoms with Crippen molar-refractivity contribution in [3.63, 3.8) is 0 Å². The highest BCUT2D eigenvalue weighted by atomic mass is 16.6. The summed E-state index contributed by atoms with van der Waals surface area (Å²) in [6.45, 7) is 10.2. The first-order valence-electron chi connectivity index (χ1n) is 27.2. The molecule has 59 heavy (non-hydrogen) atoms. The summed E-state index contributed by atoms with van der Waals surface area (Å²) < 4.78 is 5.83. The standard InChI is InChI=1S/C55H107NO3/c1-5-8-11-14-17-20-23-26-29-31-34-37-40-43-46-49-52-56(51-48-45-42-39-36-33-28-25-22-19-16-13-10-7-3)55(58)59-53(4)54(57)50-47-44-41-38-35-32-30-27-24-21-18-15-12-9-6-2/h27,30,53H,5-26,28-29,31-52H2,1-4H3. The number of nitrogens with zero attached hydrogens (tertiary/aromatic N) is 1. The number of carbonyl (C=O) groups excluding carboxylic acids is 2. The van der Waals surface area contributed by atoms with Gasteiger partial charge < -0.3 is 9.64 Å². The van der Waals surface area contributed by atoms with Crippen molar-refractivity contribution < 1.29 is 14.3 Å². The Labute approximate surface area is 371 Å². The van der Waals surface area contributed by atoms with Crippen LogP contribution in [-0.4, -0.2) is 36.0 Å². The van der Waals surface area contributed by atoms with Gasteiger partial charge in [-0.2, -0.15) is 0 Å². The number of unbranched alkanes of at least 4 members (excludes halogenated alkanes) is 39. The maximum absolute atomic E-state index is 13.4. The third-order valence-electron chi connectivity index (χ3n) is 12.7. The van der Waals surface area contributed by atoms with E-state index in [9.17, 15) is 9.59 Å². The molecule has 1 amide bonds. The van der Waals surface area contributed by atoms with Crippen molar-refractivity contribution in [1.29, 1.82) is 0 Å². The normalized spacial score (nSPS) is 12.1. The molecule has 0 radical (unpaired) electrons. The molecule has 0 aliphatic rings. The zero-order valence-corrected chi connectivity index (χ0v) is 40.9. The number of ether oxygens (including phenoxy) is 1. The molecule has 1 atom stereocenters. The van der Waals surface area contributed by atoms with E-state index in [2.05, 4.69) is 32.9 Å². The molecule has 0 saturated heterocycles. The minimum Gasteiger partial charge on any atom is -0.438 e. The monoisotopic (exact) mass is 830 g/mol. The maximum Gasteiger partial charge on any atom is 0.410 e. The highest BCUT2D eigenvalue weighted by Crippen LogP contribution is 2.17. The molecule has 0 aromatic heterocycles. The van der Waals surface area contributed by atoms with E-state index in [1.165, 1.54) is 250 Å². The fraction of sp³-hybridized carbons (Fsp3) is 0.927. The van der Waals surface area contributed by atoms with Gasteiger partial charge in [-0.3, -0.25) is 4.79 Å². The van der Waals surface area contributed by atoms with Crippen LogP contribution in [0.15, 0.2) is 12.2 Å². The maximum atomic E-state index is 13.4. The van der Waals surface area contributed by atoms with Gasteiger partial charge in [-0.1, -0.05) is 264 Å². The first-order chi connectivity index (χ1) is 29.1. The van der Waals surface area contributed by atoms with Crippen molar-refractivity contribution in [2.24, 2.45) is 0 Å². The Morgan fingerprint density at radius 3 is 0.932 bits per heavy atom. The van der Waals surface area contributed by atoms with Gasteiger partial charge in [0.2, 0.25) is 0 Å². The van der Waals surface area contributed by atoms with Gasteiger partial charge in [-0.05, 0) is 51.9 Å². The zero-order chi connectivity index (χ0) is 43.0. The summed E-state index contributed by atoms with van der Waals surface area (Å²) in [5, 5.41) is 0. The minimum absolute atomic E-state index is 0.0785. The average Bonchev–Trinajstić information content (AvgIpc) is 3.24. The smallest absolute Gasteiger partial charge is 0.410 e. The highest BCUT2D eigenvalue weighted by Gasteiger charge is 2.21. The molecule has 0 saturated carbocycles. The fourth-order valence-electron chi connectivity index (χ4n) is 8.51. The van der Waals surface area contributed by atoms with Crippen LogP contribution in [0.1, 0.15) is 310 Å². The molecule has 0 fully saturated rings. The van der Waals surface area contributed by atoms with Crippen LogP contribution >= 0.6 is 0 Å². The molecule has 4 heteroatoms. The third-order valence-corrected chi connectivity index (χ3v) is 12.7. The summed E-state index contributed by atoms with van der Waals surface area (Å²) in [7, 11) is 0. The van der Waals surface area contributed by atoms with E-state index < -0.39 is 6.10 Å². The first kappa shape index (κ1) is 57.7. The molecule has 350 valence electrons. The molecule has 0 heterocycles. The molecule has 0 spiro atoms. The van der Waals surface area contributed by atoms with E-state index in [1.807, 2.05) is 4.90 Å². The molecule has 0 aromatic rings. The van der Waals surface area contributed by atoms with Crippen molar-refractivity contribution in [2.75, 3.05) is 13.1 Å². The number of allylic oxidation sites excluding steroid dienone is 2. The third kappa shape index (κ3) is 44.5. The van der Waals surface area contributed by atoms with Gasteiger partial charge in [0, 0.05) is 19.5 Å². The topological polar surface area (TPSA) is 46.6 Å². The minimum atomic E-state index is -0.649. The van der Waals surface area contributed by atoms with Crippen LogP contribution < -0.4 is 0 Å². The molecule has 0 N–H and O–H groups in total. The van der Waals surface area contributed by atoms with E-state index in [4.69, 9.17) is 4.74 Å². The summed E-state index contributed by atoms with van der Waals surface area (Å²) in [5.41, 5.74) is 0. The second-order valence-electron chi connectivity index (χ2n) is 18.7. The van der Waals surface area contributed by atoms with Gasteiger partial charge in [-0.25, -0.2) is 4.79 Å². The van der Waals surface area contributed by atoms with Crippen molar-refractivity contribution in [1.82, 2.24) is 4.90 Å². The molecule has 0 aliphatic carbocycles. The molecule has 0 aromatic carbocycles. The molecule has 0 aliphatic heterocycles. The Kier molecular flexibility index (Phi) is 48.2. The van der Waals surface area contributed by atoms with Crippen LogP contribution in [0.3, 0.4) is 0 Å². The van der Waals surface area contributed by atoms with Crippen molar-refractivity contribution in [3.8, 4) is 0 Å². The Hall–Kier alpha value is -1.32. The average molecular weight is 830 g/mol. The quantitative estimate of drug-likeness (QED) is 0.0453. The van der Waals surface area contributed by atoms with E-state index in [-0.39, 0.29) is 11.9 Å². The van der Waals surface area contributed by atoms with Crippen LogP contribution in [0.25, 0.3) is 0 Å². The molecule has 0 rings (SSSR count). The number of carbonyl (C=O) groups is 2. The summed E-state index contributed by atoms with van der Waals surface area (Å²) >= 11 is 0. The lowest BCUT2D eigenvalue weighted by Crippen LogP contribution is -2.37. The predicted octanol–water partition coefficient (Wildman–Crippen LogP) is 19.2. The fourth-order valence-corrected chi connectivity index (χ4v) is 8.51. The molecule has 0 bridgehead atoms. The predicted molar refractivity (Wildman–Crippen MR) is 262 cm³/mol. The second-order valence-corrected chi connectivity index (χ2v) is 18.7. The molecule has 1 unspecified atom stereocenters. The Bertz CT molecular complexity index is 870. The molecular weight excluding hydrogens is 723 g/mol. The van der Waals surface area contributed by atoms with Crippen molar-refractivity contribution >= 4 is 11.9 Å². The Balaban J connectivity index is 4.32. The second kappa shape index (κ2) is 49.3. The number of ketones is 1. The van der Waals surface area contributed by atoms with E-state index in [1.54, 1.807) is 6.92 Å². The van der Waals surface area contributed by atoms with Gasteiger partial charge in [0.05, 0.1) is 0 Å². The van der Waals surface area contributed by atoms with Crippen LogP contribution in [0.4, 0.5) is 4.79 Å². The lowest BCUT2D eigenvalue weighted by molar-refractivity contribution is -0.127. The summed E-state index contributed by atoms with van der Waals surface area (Å²) in [4.78, 5) is 28.2. The van der Waals surface area contributed by atoms with Crippen LogP contribution in [-0.2, 0) is 9.53 Å². The number of hydrogen-bond donors (Lipinski definition) is 0. The van der Waals surface area contributed by atoms with Crippen molar-refractivity contribution in [2.45, 2.75) is 316 Å². The first-order valence-corrected chi connectivity index (χ1v) is 27.2. The van der Waals surface area contributed by atoms with Gasteiger partial charge in [-0.15, -0.1) is 0 Å². The number of rotatable bonds is 49. The summed E-state index contributed by atoms with van der Waals surface area (Å²) in [6, 6.07) is 0. The van der Waals surface area contributed by atoms with E-state index in [0.29, 0.717) is 6.42 Å². The van der Waals surface area contributed by atoms with Crippen LogP contribution in [0.2, 0.25) is 0 Å². The lowest BCUT2D eigenvalue weighted by Gasteiger charge is -2.24. The summed E-state index contributed by atoms with van der Waals surface area (Å²) in [6.07, 6.45) is 60.9. The van der Waals surface area contributed by atoms with Gasteiger partial charge in [0.25, 0.3) is 0 Å². The van der Waals surface area contributed by atoms with Gasteiger partial charge in [0.1, 0.15) is 0 Å². The van der Waals surface area contributed by atoms with Gasteiger partial charge >= 0.3 is 6.09 Å². The number of hydrogen-bond acceptors (Lipinski definition) is 3. The number of amides is 1. The number of Topliss-reactive ketones (excluding diaryl/α,β-unsaturated/α-hetero) is 1. The Morgan fingerprint density at radius 2 is 0.627 bits per heavy atom. The zero-order valence-electron chi connectivity index (χ0n) is 40.9. The molecule has 4 nitrogen and oxygen atoms in total. The van der Waals surface area contributed by atoms with Gasteiger partial charge in [0.15, 0.2) is 11.9 Å². The largest absolute Gasteiger partial charge is 0.438 e.